The summed E-state index contributed by atoms with van der Waals surface area (Å²) < 4.78 is 18.5. The number of hydrogen-bond donors (Lipinski definition) is 1. The van der Waals surface area contributed by atoms with Crippen LogP contribution in [0.4, 0.5) is 14.9 Å². The Morgan fingerprint density at radius 3 is 2.65 bits per heavy atom. The minimum atomic E-state index is -0.310. The van der Waals surface area contributed by atoms with Gasteiger partial charge in [-0.25, -0.2) is 14.2 Å². The summed E-state index contributed by atoms with van der Waals surface area (Å²) in [6, 6.07) is 13.6. The minimum Gasteiger partial charge on any atom is -0.449 e. The van der Waals surface area contributed by atoms with Crippen LogP contribution in [0.15, 0.2) is 66.6 Å². The van der Waals surface area contributed by atoms with Gasteiger partial charge in [-0.05, 0) is 43.0 Å². The van der Waals surface area contributed by atoms with Crippen LogP contribution in [0.5, 0.6) is 0 Å². The first-order chi connectivity index (χ1) is 16.5. The summed E-state index contributed by atoms with van der Waals surface area (Å²) in [6.07, 6.45) is 3.62. The van der Waals surface area contributed by atoms with Crippen LogP contribution < -0.4 is 5.32 Å². The Balaban J connectivity index is 1.37. The molecule has 0 unspecified atom stereocenters. The molecule has 1 fully saturated rings. The maximum Gasteiger partial charge on any atom is 0.409 e. The Morgan fingerprint density at radius 1 is 1.18 bits per heavy atom. The molecule has 1 aromatic heterocycles. The summed E-state index contributed by atoms with van der Waals surface area (Å²) in [4.78, 5) is 31.3. The third kappa shape index (κ3) is 5.69. The molecule has 1 aliphatic rings. The third-order valence-corrected chi connectivity index (χ3v) is 6.74. The summed E-state index contributed by atoms with van der Waals surface area (Å²) in [6.45, 7) is 5.17. The van der Waals surface area contributed by atoms with Crippen LogP contribution in [0.3, 0.4) is 0 Å². The van der Waals surface area contributed by atoms with Gasteiger partial charge in [-0.15, -0.1) is 17.9 Å². The number of hydrogen-bond acceptors (Lipinski definition) is 5. The molecule has 3 aromatic rings. The molecule has 4 rings (SSSR count). The van der Waals surface area contributed by atoms with Gasteiger partial charge in [0.2, 0.25) is 0 Å². The predicted octanol–water partition coefficient (Wildman–Crippen LogP) is 6.09. The van der Waals surface area contributed by atoms with Crippen molar-refractivity contribution in [2.75, 3.05) is 25.0 Å². The van der Waals surface area contributed by atoms with Gasteiger partial charge in [0.05, 0.1) is 11.6 Å². The van der Waals surface area contributed by atoms with E-state index in [1.165, 1.54) is 23.5 Å². The number of thiazole rings is 1. The number of halogens is 1. The third-order valence-electron chi connectivity index (χ3n) is 5.73. The molecule has 6 nitrogen and oxygen atoms in total. The lowest BCUT2D eigenvalue weighted by Gasteiger charge is -2.30. The number of rotatable bonds is 7. The van der Waals surface area contributed by atoms with E-state index in [9.17, 15) is 14.0 Å². The summed E-state index contributed by atoms with van der Waals surface area (Å²) in [7, 11) is 0. The summed E-state index contributed by atoms with van der Waals surface area (Å²) in [5.41, 5.74) is 2.61. The first-order valence-electron chi connectivity index (χ1n) is 11.2. The fourth-order valence-corrected chi connectivity index (χ4v) is 4.84. The van der Waals surface area contributed by atoms with Crippen LogP contribution in [0.25, 0.3) is 11.1 Å². The molecule has 2 aromatic carbocycles. The number of amides is 2. The lowest BCUT2D eigenvalue weighted by atomic mass is 9.98. The molecule has 2 amide bonds. The van der Waals surface area contributed by atoms with Crippen molar-refractivity contribution in [1.29, 1.82) is 0 Å². The number of para-hydroxylation sites is 1. The standard InChI is InChI=1S/C26H26FN3O3S/c1-2-3-16-33-26(32)30-14-12-19(13-15-30)25-29-23(17-34-25)24(31)28-22-7-5-4-6-21(22)18-8-10-20(27)11-9-18/h2,4-11,17,19H,1,3,12-16H2,(H,28,31). The van der Waals surface area contributed by atoms with E-state index in [1.807, 2.05) is 24.3 Å². The Hall–Kier alpha value is -3.52. The SMILES string of the molecule is C=CCCOC(=O)N1CCC(c2nc(C(=O)Nc3ccccc3-c3ccc(F)cc3)cs2)CC1. The van der Waals surface area contributed by atoms with Gasteiger partial charge in [0.1, 0.15) is 11.5 Å². The zero-order valence-electron chi connectivity index (χ0n) is 18.7. The second-order valence-electron chi connectivity index (χ2n) is 8.03. The van der Waals surface area contributed by atoms with E-state index in [2.05, 4.69) is 16.9 Å². The maximum absolute atomic E-state index is 13.3. The van der Waals surface area contributed by atoms with E-state index >= 15 is 0 Å². The van der Waals surface area contributed by atoms with Gasteiger partial charge in [-0.1, -0.05) is 36.4 Å². The molecule has 34 heavy (non-hydrogen) atoms. The number of nitrogens with one attached hydrogen (secondary N) is 1. The predicted molar refractivity (Wildman–Crippen MR) is 132 cm³/mol. The highest BCUT2D eigenvalue weighted by atomic mass is 32.1. The van der Waals surface area contributed by atoms with Crippen LogP contribution in [-0.2, 0) is 4.74 Å². The monoisotopic (exact) mass is 479 g/mol. The first kappa shape index (κ1) is 23.6. The van der Waals surface area contributed by atoms with Crippen molar-refractivity contribution in [3.63, 3.8) is 0 Å². The van der Waals surface area contributed by atoms with Gasteiger partial charge >= 0.3 is 6.09 Å². The number of piperidine rings is 1. The number of anilines is 1. The minimum absolute atomic E-state index is 0.204. The average molecular weight is 480 g/mol. The van der Waals surface area contributed by atoms with Crippen molar-refractivity contribution in [3.8, 4) is 11.1 Å². The Kier molecular flexibility index (Phi) is 7.69. The smallest absolute Gasteiger partial charge is 0.409 e. The average Bonchev–Trinajstić information content (AvgIpc) is 3.36. The maximum atomic E-state index is 13.3. The molecule has 0 spiro atoms. The van der Waals surface area contributed by atoms with Crippen LogP contribution in [0, 0.1) is 5.82 Å². The van der Waals surface area contributed by atoms with Gasteiger partial charge in [0.25, 0.3) is 5.91 Å². The Morgan fingerprint density at radius 2 is 1.91 bits per heavy atom. The van der Waals surface area contributed by atoms with Crippen molar-refractivity contribution in [3.05, 3.63) is 83.1 Å². The summed E-state index contributed by atoms with van der Waals surface area (Å²) >= 11 is 1.46. The highest BCUT2D eigenvalue weighted by Crippen LogP contribution is 2.32. The topological polar surface area (TPSA) is 71.5 Å². The zero-order valence-corrected chi connectivity index (χ0v) is 19.5. The number of benzene rings is 2. The van der Waals surface area contributed by atoms with E-state index in [0.717, 1.165) is 29.0 Å². The molecular weight excluding hydrogens is 453 g/mol. The van der Waals surface area contributed by atoms with E-state index < -0.39 is 0 Å². The van der Waals surface area contributed by atoms with E-state index in [1.54, 1.807) is 28.5 Å². The number of likely N-dealkylation sites (tertiary alicyclic amines) is 1. The largest absolute Gasteiger partial charge is 0.449 e. The molecule has 2 heterocycles. The Labute approximate surface area is 202 Å². The van der Waals surface area contributed by atoms with E-state index in [4.69, 9.17) is 4.74 Å². The van der Waals surface area contributed by atoms with Crippen molar-refractivity contribution in [1.82, 2.24) is 9.88 Å². The molecule has 8 heteroatoms. The molecule has 176 valence electrons. The van der Waals surface area contributed by atoms with Crippen LogP contribution in [0.1, 0.15) is 40.7 Å². The van der Waals surface area contributed by atoms with Crippen molar-refractivity contribution < 1.29 is 18.7 Å². The molecule has 0 atom stereocenters. The molecular formula is C26H26FN3O3S. The van der Waals surface area contributed by atoms with Gasteiger partial charge in [0, 0.05) is 35.6 Å². The van der Waals surface area contributed by atoms with Gasteiger partial charge in [0.15, 0.2) is 0 Å². The summed E-state index contributed by atoms with van der Waals surface area (Å²) in [5, 5.41) is 5.60. The molecule has 1 saturated heterocycles. The second-order valence-corrected chi connectivity index (χ2v) is 8.92. The molecule has 0 bridgehead atoms. The van der Waals surface area contributed by atoms with Crippen molar-refractivity contribution in [2.24, 2.45) is 0 Å². The number of carbonyl (C=O) groups is 2. The lowest BCUT2D eigenvalue weighted by molar-refractivity contribution is 0.0941. The number of aromatic nitrogens is 1. The van der Waals surface area contributed by atoms with Crippen molar-refractivity contribution in [2.45, 2.75) is 25.2 Å². The lowest BCUT2D eigenvalue weighted by Crippen LogP contribution is -2.38. The van der Waals surface area contributed by atoms with Gasteiger partial charge in [-0.3, -0.25) is 4.79 Å². The molecule has 0 radical (unpaired) electrons. The quantitative estimate of drug-likeness (QED) is 0.329. The van der Waals surface area contributed by atoms with Gasteiger partial charge < -0.3 is 15.0 Å². The molecule has 0 aliphatic carbocycles. The number of ether oxygens (including phenoxy) is 1. The van der Waals surface area contributed by atoms with E-state index in [-0.39, 0.29) is 23.7 Å². The normalized spacial score (nSPS) is 14.0. The van der Waals surface area contributed by atoms with Crippen molar-refractivity contribution >= 4 is 29.0 Å². The highest BCUT2D eigenvalue weighted by Gasteiger charge is 2.27. The second kappa shape index (κ2) is 11.1. The number of carbonyl (C=O) groups excluding carboxylic acids is 2. The Bertz CT molecular complexity index is 1150. The van der Waals surface area contributed by atoms with Gasteiger partial charge in [-0.2, -0.15) is 0 Å². The zero-order chi connectivity index (χ0) is 23.9. The fraction of sp³-hybridized carbons (Fsp3) is 0.269. The molecule has 1 aliphatic heterocycles. The molecule has 1 N–H and O–H groups in total. The number of nitrogens with zero attached hydrogens (tertiary/aromatic N) is 2. The van der Waals surface area contributed by atoms with E-state index in [0.29, 0.717) is 37.5 Å². The fourth-order valence-electron chi connectivity index (χ4n) is 3.87. The summed E-state index contributed by atoms with van der Waals surface area (Å²) in [5.74, 6) is -0.397. The highest BCUT2D eigenvalue weighted by molar-refractivity contribution is 7.10. The first-order valence-corrected chi connectivity index (χ1v) is 12.1. The molecule has 0 saturated carbocycles. The van der Waals surface area contributed by atoms with Crippen LogP contribution >= 0.6 is 11.3 Å². The van der Waals surface area contributed by atoms with Crippen LogP contribution in [0.2, 0.25) is 0 Å². The van der Waals surface area contributed by atoms with Crippen LogP contribution in [-0.4, -0.2) is 41.6 Å².